The van der Waals surface area contributed by atoms with Crippen LogP contribution in [0.15, 0.2) is 30.5 Å². The average molecular weight is 277 g/mol. The topological polar surface area (TPSA) is 50.1 Å². The van der Waals surface area contributed by atoms with Crippen LogP contribution in [0.1, 0.15) is 23.7 Å². The number of aryl methyl sites for hydroxylation is 1. The summed E-state index contributed by atoms with van der Waals surface area (Å²) >= 11 is 0. The Kier molecular flexibility index (Phi) is 4.20. The number of rotatable bonds is 5. The number of hydrogen-bond donors (Lipinski definition) is 2. The van der Waals surface area contributed by atoms with Crippen LogP contribution in [0.3, 0.4) is 0 Å². The van der Waals surface area contributed by atoms with Crippen LogP contribution in [0.25, 0.3) is 0 Å². The number of benzene rings is 1. The predicted octanol–water partition coefficient (Wildman–Crippen LogP) is 1.86. The lowest BCUT2D eigenvalue weighted by atomic mass is 9.96. The summed E-state index contributed by atoms with van der Waals surface area (Å²) in [6, 6.07) is 5.92. The van der Waals surface area contributed by atoms with Crippen molar-refractivity contribution in [2.45, 2.75) is 26.0 Å². The number of aliphatic hydroxyl groups is 1. The first-order valence-corrected chi connectivity index (χ1v) is 6.57. The van der Waals surface area contributed by atoms with Gasteiger partial charge in [-0.2, -0.15) is 5.10 Å². The van der Waals surface area contributed by atoms with Crippen LogP contribution in [-0.4, -0.2) is 21.4 Å². The van der Waals surface area contributed by atoms with Gasteiger partial charge in [0.15, 0.2) is 0 Å². The lowest BCUT2D eigenvalue weighted by molar-refractivity contribution is 0.0566. The monoisotopic (exact) mass is 277 g/mol. The first-order chi connectivity index (χ1) is 9.40. The number of nitrogens with one attached hydrogen (secondary N) is 1. The molecule has 2 aromatic rings. The van der Waals surface area contributed by atoms with Crippen molar-refractivity contribution in [2.24, 2.45) is 7.05 Å². The fourth-order valence-electron chi connectivity index (χ4n) is 2.07. The Balaban J connectivity index is 1.95. The Morgan fingerprint density at radius 3 is 2.55 bits per heavy atom. The minimum atomic E-state index is -1.04. The van der Waals surface area contributed by atoms with E-state index in [-0.39, 0.29) is 5.82 Å². The summed E-state index contributed by atoms with van der Waals surface area (Å²) in [7, 11) is 1.90. The molecule has 108 valence electrons. The molecule has 4 nitrogen and oxygen atoms in total. The molecule has 0 fully saturated rings. The van der Waals surface area contributed by atoms with Gasteiger partial charge in [-0.05, 0) is 31.5 Å². The van der Waals surface area contributed by atoms with Crippen LogP contribution < -0.4 is 5.32 Å². The van der Waals surface area contributed by atoms with Crippen molar-refractivity contribution < 1.29 is 9.50 Å². The molecule has 1 aromatic heterocycles. The largest absolute Gasteiger partial charge is 0.384 e. The van der Waals surface area contributed by atoms with E-state index in [2.05, 4.69) is 10.4 Å². The molecule has 0 spiro atoms. The van der Waals surface area contributed by atoms with Gasteiger partial charge in [-0.15, -0.1) is 0 Å². The van der Waals surface area contributed by atoms with Crippen molar-refractivity contribution in [3.63, 3.8) is 0 Å². The summed E-state index contributed by atoms with van der Waals surface area (Å²) in [5, 5.41) is 17.8. The van der Waals surface area contributed by atoms with Crippen LogP contribution in [0, 0.1) is 12.7 Å². The first-order valence-electron chi connectivity index (χ1n) is 6.57. The Hall–Kier alpha value is -1.72. The van der Waals surface area contributed by atoms with Gasteiger partial charge in [0.2, 0.25) is 0 Å². The molecule has 0 radical (unpaired) electrons. The molecule has 0 aliphatic carbocycles. The minimum absolute atomic E-state index is 0.302. The standard InChI is InChI=1S/C15H20FN3O/c1-11-12(9-18-19(11)3)8-17-10-15(2,20)13-4-6-14(16)7-5-13/h4-7,9,17,20H,8,10H2,1-3H3. The van der Waals surface area contributed by atoms with Crippen LogP contribution in [-0.2, 0) is 19.2 Å². The van der Waals surface area contributed by atoms with Gasteiger partial charge in [-0.3, -0.25) is 4.68 Å². The zero-order chi connectivity index (χ0) is 14.8. The maximum Gasteiger partial charge on any atom is 0.123 e. The molecule has 0 aliphatic heterocycles. The van der Waals surface area contributed by atoms with E-state index in [0.29, 0.717) is 18.7 Å². The molecule has 2 N–H and O–H groups in total. The first kappa shape index (κ1) is 14.7. The highest BCUT2D eigenvalue weighted by Gasteiger charge is 2.22. The number of halogens is 1. The number of aromatic nitrogens is 2. The molecule has 0 saturated carbocycles. The van der Waals surface area contributed by atoms with Crippen molar-refractivity contribution in [2.75, 3.05) is 6.54 Å². The van der Waals surface area contributed by atoms with Gasteiger partial charge in [0.05, 0.1) is 11.8 Å². The van der Waals surface area contributed by atoms with Gasteiger partial charge in [-0.25, -0.2) is 4.39 Å². The second-order valence-electron chi connectivity index (χ2n) is 5.26. The summed E-state index contributed by atoms with van der Waals surface area (Å²) in [5.41, 5.74) is 1.85. The summed E-state index contributed by atoms with van der Waals surface area (Å²) in [6.07, 6.45) is 1.81. The Bertz CT molecular complexity index is 575. The van der Waals surface area contributed by atoms with E-state index in [1.165, 1.54) is 12.1 Å². The van der Waals surface area contributed by atoms with E-state index in [1.54, 1.807) is 19.1 Å². The molecular weight excluding hydrogens is 257 g/mol. The van der Waals surface area contributed by atoms with Crippen LogP contribution in [0.4, 0.5) is 4.39 Å². The van der Waals surface area contributed by atoms with Crippen LogP contribution >= 0.6 is 0 Å². The SMILES string of the molecule is Cc1c(CNCC(C)(O)c2ccc(F)cc2)cnn1C. The predicted molar refractivity (Wildman–Crippen MR) is 75.6 cm³/mol. The van der Waals surface area contributed by atoms with Crippen molar-refractivity contribution in [3.05, 3.63) is 53.1 Å². The normalized spacial score (nSPS) is 14.2. The van der Waals surface area contributed by atoms with E-state index in [4.69, 9.17) is 0 Å². The highest BCUT2D eigenvalue weighted by Crippen LogP contribution is 2.20. The van der Waals surface area contributed by atoms with Crippen molar-refractivity contribution in [1.29, 1.82) is 0 Å². The maximum absolute atomic E-state index is 12.9. The quantitative estimate of drug-likeness (QED) is 0.877. The third kappa shape index (κ3) is 3.23. The van der Waals surface area contributed by atoms with E-state index in [1.807, 2.05) is 24.9 Å². The highest BCUT2D eigenvalue weighted by atomic mass is 19.1. The van der Waals surface area contributed by atoms with Gasteiger partial charge in [0.25, 0.3) is 0 Å². The van der Waals surface area contributed by atoms with Crippen molar-refractivity contribution in [3.8, 4) is 0 Å². The smallest absolute Gasteiger partial charge is 0.123 e. The molecule has 20 heavy (non-hydrogen) atoms. The summed E-state index contributed by atoms with van der Waals surface area (Å²) in [5.74, 6) is -0.302. The van der Waals surface area contributed by atoms with E-state index in [0.717, 1.165) is 11.3 Å². The molecule has 5 heteroatoms. The molecule has 1 heterocycles. The second-order valence-corrected chi connectivity index (χ2v) is 5.26. The summed E-state index contributed by atoms with van der Waals surface area (Å²) in [4.78, 5) is 0. The fourth-order valence-corrected chi connectivity index (χ4v) is 2.07. The van der Waals surface area contributed by atoms with E-state index >= 15 is 0 Å². The van der Waals surface area contributed by atoms with Crippen LogP contribution in [0.2, 0.25) is 0 Å². The zero-order valence-electron chi connectivity index (χ0n) is 12.0. The molecule has 1 aromatic carbocycles. The maximum atomic E-state index is 12.9. The van der Waals surface area contributed by atoms with Gasteiger partial charge in [0, 0.05) is 31.4 Å². The molecule has 0 bridgehead atoms. The zero-order valence-corrected chi connectivity index (χ0v) is 12.0. The lowest BCUT2D eigenvalue weighted by Crippen LogP contribution is -2.35. The molecule has 2 rings (SSSR count). The second kappa shape index (κ2) is 5.73. The minimum Gasteiger partial charge on any atom is -0.384 e. The van der Waals surface area contributed by atoms with Crippen LogP contribution in [0.5, 0.6) is 0 Å². The molecule has 1 atom stereocenters. The number of nitrogens with zero attached hydrogens (tertiary/aromatic N) is 2. The van der Waals surface area contributed by atoms with Crippen molar-refractivity contribution >= 4 is 0 Å². The molecular formula is C15H20FN3O. The highest BCUT2D eigenvalue weighted by molar-refractivity contribution is 5.23. The van der Waals surface area contributed by atoms with Gasteiger partial charge in [0.1, 0.15) is 5.82 Å². The summed E-state index contributed by atoms with van der Waals surface area (Å²) in [6.45, 7) is 4.73. The molecule has 0 aliphatic rings. The summed E-state index contributed by atoms with van der Waals surface area (Å²) < 4.78 is 14.7. The van der Waals surface area contributed by atoms with Gasteiger partial charge >= 0.3 is 0 Å². The molecule has 1 unspecified atom stereocenters. The number of hydrogen-bond acceptors (Lipinski definition) is 3. The molecule has 0 amide bonds. The van der Waals surface area contributed by atoms with Crippen molar-refractivity contribution in [1.82, 2.24) is 15.1 Å². The Morgan fingerprint density at radius 2 is 2.00 bits per heavy atom. The van der Waals surface area contributed by atoms with Gasteiger partial charge < -0.3 is 10.4 Å². The lowest BCUT2D eigenvalue weighted by Gasteiger charge is -2.24. The Morgan fingerprint density at radius 1 is 1.35 bits per heavy atom. The van der Waals surface area contributed by atoms with E-state index < -0.39 is 5.60 Å². The average Bonchev–Trinajstić information content (AvgIpc) is 2.71. The Labute approximate surface area is 118 Å². The molecule has 0 saturated heterocycles. The third-order valence-corrected chi connectivity index (χ3v) is 3.59. The fraction of sp³-hybridized carbons (Fsp3) is 0.400. The van der Waals surface area contributed by atoms with E-state index in [9.17, 15) is 9.50 Å². The van der Waals surface area contributed by atoms with Gasteiger partial charge in [-0.1, -0.05) is 12.1 Å². The third-order valence-electron chi connectivity index (χ3n) is 3.59.